The van der Waals surface area contributed by atoms with Crippen molar-refractivity contribution in [3.63, 3.8) is 0 Å². The van der Waals surface area contributed by atoms with Crippen LogP contribution in [0.4, 0.5) is 5.82 Å². The number of hydrogen-bond acceptors (Lipinski definition) is 4. The minimum Gasteiger partial charge on any atom is -0.361 e. The molecule has 86 valence electrons. The standard InChI is InChI=1S/C11H9ClN4O/c1-2-5-14-11(17)7-15-10-4-3-8(12)9(6-13)16-10/h1,3-4H,5,7H2,(H,14,17)(H,15,16). The van der Waals surface area contributed by atoms with Crippen molar-refractivity contribution in [2.75, 3.05) is 18.4 Å². The Balaban J connectivity index is 2.56. The molecule has 2 N–H and O–H groups in total. The molecule has 5 nitrogen and oxygen atoms in total. The molecule has 0 saturated heterocycles. The zero-order chi connectivity index (χ0) is 12.7. The summed E-state index contributed by atoms with van der Waals surface area (Å²) in [6.07, 6.45) is 4.99. The number of carbonyl (C=O) groups excluding carboxylic acids is 1. The number of terminal acetylenes is 1. The van der Waals surface area contributed by atoms with Gasteiger partial charge in [-0.05, 0) is 12.1 Å². The van der Waals surface area contributed by atoms with E-state index in [4.69, 9.17) is 23.3 Å². The molecule has 0 fully saturated rings. The number of nitrogens with zero attached hydrogens (tertiary/aromatic N) is 2. The number of carbonyl (C=O) groups is 1. The average Bonchev–Trinajstić information content (AvgIpc) is 2.35. The second kappa shape index (κ2) is 6.37. The van der Waals surface area contributed by atoms with Crippen molar-refractivity contribution in [2.45, 2.75) is 0 Å². The maximum Gasteiger partial charge on any atom is 0.240 e. The van der Waals surface area contributed by atoms with Gasteiger partial charge in [0, 0.05) is 0 Å². The van der Waals surface area contributed by atoms with E-state index in [-0.39, 0.29) is 29.7 Å². The van der Waals surface area contributed by atoms with Gasteiger partial charge in [-0.25, -0.2) is 4.98 Å². The third kappa shape index (κ3) is 4.02. The third-order valence-electron chi connectivity index (χ3n) is 1.77. The summed E-state index contributed by atoms with van der Waals surface area (Å²) in [6.45, 7) is 0.208. The van der Waals surface area contributed by atoms with Crippen LogP contribution in [0.2, 0.25) is 5.02 Å². The first-order valence-electron chi connectivity index (χ1n) is 4.68. The summed E-state index contributed by atoms with van der Waals surface area (Å²) < 4.78 is 0. The average molecular weight is 249 g/mol. The van der Waals surface area contributed by atoms with Gasteiger partial charge in [0.05, 0.1) is 18.1 Å². The van der Waals surface area contributed by atoms with Crippen molar-refractivity contribution < 1.29 is 4.79 Å². The normalized spacial score (nSPS) is 8.88. The molecule has 1 aromatic rings. The number of nitrogens with one attached hydrogen (secondary N) is 2. The number of nitriles is 1. The van der Waals surface area contributed by atoms with Crippen LogP contribution in [0.25, 0.3) is 0 Å². The van der Waals surface area contributed by atoms with E-state index < -0.39 is 0 Å². The Labute approximate surface area is 104 Å². The van der Waals surface area contributed by atoms with Gasteiger partial charge in [0.25, 0.3) is 0 Å². The molecule has 0 bridgehead atoms. The van der Waals surface area contributed by atoms with E-state index in [9.17, 15) is 4.79 Å². The van der Waals surface area contributed by atoms with Gasteiger partial charge >= 0.3 is 0 Å². The van der Waals surface area contributed by atoms with E-state index in [1.807, 2.05) is 6.07 Å². The number of pyridine rings is 1. The molecule has 0 aliphatic rings. The summed E-state index contributed by atoms with van der Waals surface area (Å²) in [5.41, 5.74) is 0.112. The van der Waals surface area contributed by atoms with Crippen LogP contribution in [0, 0.1) is 23.7 Å². The number of rotatable bonds is 4. The highest BCUT2D eigenvalue weighted by Crippen LogP contribution is 2.15. The highest BCUT2D eigenvalue weighted by atomic mass is 35.5. The molecule has 0 atom stereocenters. The van der Waals surface area contributed by atoms with Gasteiger partial charge in [-0.2, -0.15) is 5.26 Å². The first kappa shape index (κ1) is 12.8. The van der Waals surface area contributed by atoms with E-state index in [0.717, 1.165) is 0 Å². The predicted octanol–water partition coefficient (Wildman–Crippen LogP) is 0.768. The Kier molecular flexibility index (Phi) is 4.80. The van der Waals surface area contributed by atoms with Gasteiger partial charge in [-0.15, -0.1) is 6.42 Å². The second-order valence-electron chi connectivity index (χ2n) is 2.97. The molecule has 0 aliphatic heterocycles. The van der Waals surface area contributed by atoms with Crippen LogP contribution in [0.15, 0.2) is 12.1 Å². The summed E-state index contributed by atoms with van der Waals surface area (Å²) in [7, 11) is 0. The molecule has 0 saturated carbocycles. The molecule has 1 rings (SSSR count). The molecule has 0 spiro atoms. The van der Waals surface area contributed by atoms with Crippen LogP contribution >= 0.6 is 11.6 Å². The van der Waals surface area contributed by atoms with Crippen LogP contribution in [0.1, 0.15) is 5.69 Å². The van der Waals surface area contributed by atoms with Gasteiger partial charge in [0.15, 0.2) is 5.69 Å². The number of amides is 1. The Morgan fingerprint density at radius 1 is 1.59 bits per heavy atom. The van der Waals surface area contributed by atoms with Crippen LogP contribution in [0.5, 0.6) is 0 Å². The molecular formula is C11H9ClN4O. The summed E-state index contributed by atoms with van der Waals surface area (Å²) in [6, 6.07) is 4.96. The fraction of sp³-hybridized carbons (Fsp3) is 0.182. The van der Waals surface area contributed by atoms with Crippen molar-refractivity contribution in [3.05, 3.63) is 22.8 Å². The Morgan fingerprint density at radius 2 is 2.35 bits per heavy atom. The SMILES string of the molecule is C#CCNC(=O)CNc1ccc(Cl)c(C#N)n1. The fourth-order valence-corrected chi connectivity index (χ4v) is 1.15. The van der Waals surface area contributed by atoms with Crippen molar-refractivity contribution in [2.24, 2.45) is 0 Å². The summed E-state index contributed by atoms with van der Waals surface area (Å²) in [4.78, 5) is 15.1. The Morgan fingerprint density at radius 3 is 3.00 bits per heavy atom. The fourth-order valence-electron chi connectivity index (χ4n) is 1.00. The third-order valence-corrected chi connectivity index (χ3v) is 2.07. The molecule has 6 heteroatoms. The zero-order valence-corrected chi connectivity index (χ0v) is 9.58. The first-order chi connectivity index (χ1) is 8.17. The number of aromatic nitrogens is 1. The smallest absolute Gasteiger partial charge is 0.240 e. The largest absolute Gasteiger partial charge is 0.361 e. The highest BCUT2D eigenvalue weighted by Gasteiger charge is 2.04. The van der Waals surface area contributed by atoms with E-state index in [1.165, 1.54) is 6.07 Å². The lowest BCUT2D eigenvalue weighted by atomic mass is 10.3. The van der Waals surface area contributed by atoms with Gasteiger partial charge in [0.2, 0.25) is 5.91 Å². The lowest BCUT2D eigenvalue weighted by molar-refractivity contribution is -0.119. The lowest BCUT2D eigenvalue weighted by Gasteiger charge is -2.05. The van der Waals surface area contributed by atoms with Gasteiger partial charge in [-0.3, -0.25) is 4.79 Å². The number of halogens is 1. The van der Waals surface area contributed by atoms with Crippen LogP contribution in [-0.2, 0) is 4.79 Å². The highest BCUT2D eigenvalue weighted by molar-refractivity contribution is 6.31. The zero-order valence-electron chi connectivity index (χ0n) is 8.83. The summed E-state index contributed by atoms with van der Waals surface area (Å²) in [5.74, 6) is 2.44. The summed E-state index contributed by atoms with van der Waals surface area (Å²) in [5, 5.41) is 14.2. The van der Waals surface area contributed by atoms with Crippen molar-refractivity contribution in [1.29, 1.82) is 5.26 Å². The lowest BCUT2D eigenvalue weighted by Crippen LogP contribution is -2.30. The van der Waals surface area contributed by atoms with E-state index >= 15 is 0 Å². The van der Waals surface area contributed by atoms with Crippen LogP contribution < -0.4 is 10.6 Å². The number of hydrogen-bond donors (Lipinski definition) is 2. The molecule has 17 heavy (non-hydrogen) atoms. The molecular weight excluding hydrogens is 240 g/mol. The van der Waals surface area contributed by atoms with E-state index in [2.05, 4.69) is 21.5 Å². The summed E-state index contributed by atoms with van der Waals surface area (Å²) >= 11 is 5.71. The Bertz CT molecular complexity index is 501. The van der Waals surface area contributed by atoms with Crippen molar-refractivity contribution >= 4 is 23.3 Å². The second-order valence-corrected chi connectivity index (χ2v) is 3.38. The maximum absolute atomic E-state index is 11.2. The molecule has 0 unspecified atom stereocenters. The molecule has 0 aliphatic carbocycles. The first-order valence-corrected chi connectivity index (χ1v) is 5.06. The minimum atomic E-state index is -0.252. The topological polar surface area (TPSA) is 77.8 Å². The number of anilines is 1. The molecule has 0 radical (unpaired) electrons. The van der Waals surface area contributed by atoms with Crippen molar-refractivity contribution in [1.82, 2.24) is 10.3 Å². The molecule has 1 heterocycles. The van der Waals surface area contributed by atoms with Gasteiger partial charge < -0.3 is 10.6 Å². The predicted molar refractivity (Wildman–Crippen MR) is 64.3 cm³/mol. The van der Waals surface area contributed by atoms with Crippen LogP contribution in [-0.4, -0.2) is 24.0 Å². The maximum atomic E-state index is 11.2. The van der Waals surface area contributed by atoms with Crippen LogP contribution in [0.3, 0.4) is 0 Å². The minimum absolute atomic E-state index is 0.0289. The Hall–Kier alpha value is -2.24. The van der Waals surface area contributed by atoms with Gasteiger partial charge in [-0.1, -0.05) is 17.5 Å². The monoisotopic (exact) mass is 248 g/mol. The van der Waals surface area contributed by atoms with Gasteiger partial charge in [0.1, 0.15) is 11.9 Å². The molecule has 0 aromatic carbocycles. The van der Waals surface area contributed by atoms with E-state index in [1.54, 1.807) is 6.07 Å². The molecule has 1 aromatic heterocycles. The quantitative estimate of drug-likeness (QED) is 0.772. The van der Waals surface area contributed by atoms with Crippen molar-refractivity contribution in [3.8, 4) is 18.4 Å². The molecule has 1 amide bonds. The van der Waals surface area contributed by atoms with E-state index in [0.29, 0.717) is 5.82 Å².